The molecule has 0 saturated heterocycles. The van der Waals surface area contributed by atoms with E-state index in [0.717, 1.165) is 12.3 Å². The summed E-state index contributed by atoms with van der Waals surface area (Å²) in [6.45, 7) is 0.100. The number of alkyl halides is 2. The second kappa shape index (κ2) is 9.82. The Hall–Kier alpha value is -4.43. The van der Waals surface area contributed by atoms with Gasteiger partial charge in [0.05, 0.1) is 35.5 Å². The molecule has 12 heteroatoms. The molecule has 4 rings (SSSR count). The highest BCUT2D eigenvalue weighted by Crippen LogP contribution is 2.34. The lowest BCUT2D eigenvalue weighted by atomic mass is 10.0. The van der Waals surface area contributed by atoms with Crippen LogP contribution in [0, 0.1) is 11.3 Å². The van der Waals surface area contributed by atoms with Crippen LogP contribution in [0.3, 0.4) is 0 Å². The van der Waals surface area contributed by atoms with Crippen molar-refractivity contribution < 1.29 is 23.4 Å². The molecule has 0 bridgehead atoms. The first kappa shape index (κ1) is 23.7. The van der Waals surface area contributed by atoms with Crippen molar-refractivity contribution >= 4 is 28.5 Å². The van der Waals surface area contributed by atoms with Gasteiger partial charge in [-0.25, -0.2) is 23.5 Å². The van der Waals surface area contributed by atoms with E-state index in [2.05, 4.69) is 15.0 Å². The second-order valence-corrected chi connectivity index (χ2v) is 7.63. The van der Waals surface area contributed by atoms with E-state index in [-0.39, 0.29) is 41.1 Å². The van der Waals surface area contributed by atoms with E-state index in [1.807, 2.05) is 6.07 Å². The standard InChI is InChI=1S/C23H14ClF2N5O4/c24-13-1-2-19(15(6-13)12-5-17(23(33)34)20(21(25)26)29-9-12)35-4-3-31-11-30-18-10-28-14(8-27)7-16(18)22(31)32/h1-2,5-7,9-11,21H,3-4H2,(H,33,34). The largest absolute Gasteiger partial charge is 0.491 e. The number of carbonyl (C=O) groups is 1. The average molecular weight is 498 g/mol. The first-order valence-corrected chi connectivity index (χ1v) is 10.4. The van der Waals surface area contributed by atoms with Crippen LogP contribution in [0.2, 0.25) is 5.02 Å². The van der Waals surface area contributed by atoms with Crippen molar-refractivity contribution in [3.8, 4) is 22.9 Å². The number of carboxylic acids is 1. The summed E-state index contributed by atoms with van der Waals surface area (Å²) in [5, 5.41) is 18.9. The molecular formula is C23H14ClF2N5O4. The number of ether oxygens (including phenoxy) is 1. The van der Waals surface area contributed by atoms with E-state index in [1.54, 1.807) is 6.07 Å². The highest BCUT2D eigenvalue weighted by Gasteiger charge is 2.21. The molecule has 0 atom stereocenters. The summed E-state index contributed by atoms with van der Waals surface area (Å²) in [5.74, 6) is -1.27. The zero-order chi connectivity index (χ0) is 25.1. The van der Waals surface area contributed by atoms with Gasteiger partial charge in [-0.2, -0.15) is 5.26 Å². The van der Waals surface area contributed by atoms with Gasteiger partial charge in [0, 0.05) is 22.3 Å². The Morgan fingerprint density at radius 3 is 2.71 bits per heavy atom. The van der Waals surface area contributed by atoms with Crippen LogP contribution < -0.4 is 10.3 Å². The van der Waals surface area contributed by atoms with Crippen LogP contribution in [0.15, 0.2) is 53.8 Å². The van der Waals surface area contributed by atoms with Gasteiger partial charge in [0.15, 0.2) is 0 Å². The molecule has 0 spiro atoms. The molecule has 9 nitrogen and oxygen atoms in total. The summed E-state index contributed by atoms with van der Waals surface area (Å²) in [7, 11) is 0. The molecule has 176 valence electrons. The van der Waals surface area contributed by atoms with E-state index in [0.29, 0.717) is 16.1 Å². The molecule has 1 aromatic carbocycles. The number of rotatable bonds is 7. The average Bonchev–Trinajstić information content (AvgIpc) is 2.85. The normalized spacial score (nSPS) is 10.9. The van der Waals surface area contributed by atoms with Gasteiger partial charge in [0.1, 0.15) is 29.8 Å². The number of aromatic nitrogens is 4. The van der Waals surface area contributed by atoms with Gasteiger partial charge < -0.3 is 9.84 Å². The van der Waals surface area contributed by atoms with E-state index < -0.39 is 23.7 Å². The van der Waals surface area contributed by atoms with E-state index in [9.17, 15) is 23.5 Å². The Kier molecular flexibility index (Phi) is 6.66. The van der Waals surface area contributed by atoms with E-state index >= 15 is 0 Å². The molecule has 0 unspecified atom stereocenters. The van der Waals surface area contributed by atoms with Crippen molar-refractivity contribution in [3.05, 3.63) is 81.4 Å². The maximum Gasteiger partial charge on any atom is 0.337 e. The molecule has 1 N–H and O–H groups in total. The minimum atomic E-state index is -3.06. The number of carboxylic acid groups (broad SMARTS) is 1. The Labute approximate surface area is 200 Å². The summed E-state index contributed by atoms with van der Waals surface area (Å²) in [6, 6.07) is 8.87. The van der Waals surface area contributed by atoms with Crippen LogP contribution in [-0.4, -0.2) is 37.2 Å². The summed E-state index contributed by atoms with van der Waals surface area (Å²) in [5.41, 5.74) is -0.880. The number of aromatic carboxylic acids is 1. The molecule has 0 amide bonds. The Morgan fingerprint density at radius 2 is 2.00 bits per heavy atom. The number of hydrogen-bond donors (Lipinski definition) is 1. The predicted molar refractivity (Wildman–Crippen MR) is 121 cm³/mol. The highest BCUT2D eigenvalue weighted by molar-refractivity contribution is 6.31. The fourth-order valence-electron chi connectivity index (χ4n) is 3.36. The van der Waals surface area contributed by atoms with Gasteiger partial charge in [-0.1, -0.05) is 11.6 Å². The second-order valence-electron chi connectivity index (χ2n) is 7.19. The zero-order valence-corrected chi connectivity index (χ0v) is 18.4. The van der Waals surface area contributed by atoms with Crippen molar-refractivity contribution in [2.75, 3.05) is 6.61 Å². The minimum Gasteiger partial charge on any atom is -0.491 e. The lowest BCUT2D eigenvalue weighted by Gasteiger charge is -2.14. The van der Waals surface area contributed by atoms with Gasteiger partial charge in [-0.15, -0.1) is 0 Å². The minimum absolute atomic E-state index is 0.00620. The molecule has 0 aliphatic heterocycles. The predicted octanol–water partition coefficient (Wildman–Crippen LogP) is 4.09. The molecule has 0 radical (unpaired) electrons. The zero-order valence-electron chi connectivity index (χ0n) is 17.7. The summed E-state index contributed by atoms with van der Waals surface area (Å²) in [6.07, 6.45) is 0.732. The fraction of sp³-hybridized carbons (Fsp3) is 0.130. The molecule has 0 saturated carbocycles. The first-order chi connectivity index (χ1) is 16.8. The lowest BCUT2D eigenvalue weighted by molar-refractivity contribution is 0.0682. The van der Waals surface area contributed by atoms with Crippen molar-refractivity contribution in [2.45, 2.75) is 13.0 Å². The topological polar surface area (TPSA) is 131 Å². The van der Waals surface area contributed by atoms with Crippen LogP contribution in [0.25, 0.3) is 22.0 Å². The number of nitriles is 1. The quantitative estimate of drug-likeness (QED) is 0.404. The lowest BCUT2D eigenvalue weighted by Crippen LogP contribution is -2.23. The van der Waals surface area contributed by atoms with Crippen molar-refractivity contribution in [2.24, 2.45) is 0 Å². The number of hydrogen-bond acceptors (Lipinski definition) is 7. The Bertz CT molecular complexity index is 1550. The molecular weight excluding hydrogens is 484 g/mol. The number of pyridine rings is 2. The van der Waals surface area contributed by atoms with Gasteiger partial charge in [0.2, 0.25) is 0 Å². The van der Waals surface area contributed by atoms with Gasteiger partial charge in [-0.05, 0) is 30.3 Å². The number of fused-ring (bicyclic) bond motifs is 1. The molecule has 3 aromatic heterocycles. The first-order valence-electron chi connectivity index (χ1n) is 9.98. The monoisotopic (exact) mass is 497 g/mol. The maximum atomic E-state index is 13.1. The van der Waals surface area contributed by atoms with Gasteiger partial charge in [-0.3, -0.25) is 14.3 Å². The van der Waals surface area contributed by atoms with Crippen molar-refractivity contribution in [1.29, 1.82) is 5.26 Å². The third-order valence-corrected chi connectivity index (χ3v) is 5.26. The van der Waals surface area contributed by atoms with Crippen LogP contribution in [0.4, 0.5) is 8.78 Å². The maximum absolute atomic E-state index is 13.1. The fourth-order valence-corrected chi connectivity index (χ4v) is 3.53. The molecule has 0 aliphatic carbocycles. The molecule has 4 aromatic rings. The Morgan fingerprint density at radius 1 is 1.20 bits per heavy atom. The SMILES string of the molecule is N#Cc1cc2c(=O)n(CCOc3ccc(Cl)cc3-c3cnc(C(F)F)c(C(=O)O)c3)cnc2cn1. The van der Waals surface area contributed by atoms with Crippen LogP contribution in [-0.2, 0) is 6.54 Å². The number of nitrogens with zero attached hydrogens (tertiary/aromatic N) is 5. The number of halogens is 3. The van der Waals surface area contributed by atoms with Crippen LogP contribution >= 0.6 is 11.6 Å². The van der Waals surface area contributed by atoms with E-state index in [4.69, 9.17) is 21.6 Å². The van der Waals surface area contributed by atoms with Gasteiger partial charge >= 0.3 is 5.97 Å². The van der Waals surface area contributed by atoms with E-state index in [1.165, 1.54) is 35.3 Å². The third-order valence-electron chi connectivity index (χ3n) is 5.02. The van der Waals surface area contributed by atoms with Crippen LogP contribution in [0.1, 0.15) is 28.2 Å². The smallest absolute Gasteiger partial charge is 0.337 e. The number of benzene rings is 1. The van der Waals surface area contributed by atoms with Crippen molar-refractivity contribution in [3.63, 3.8) is 0 Å². The summed E-state index contributed by atoms with van der Waals surface area (Å²) < 4.78 is 33.4. The molecule has 3 heterocycles. The summed E-state index contributed by atoms with van der Waals surface area (Å²) in [4.78, 5) is 35.9. The molecule has 0 fully saturated rings. The molecule has 35 heavy (non-hydrogen) atoms. The highest BCUT2D eigenvalue weighted by atomic mass is 35.5. The van der Waals surface area contributed by atoms with Crippen LogP contribution in [0.5, 0.6) is 5.75 Å². The van der Waals surface area contributed by atoms with Gasteiger partial charge in [0.25, 0.3) is 12.0 Å². The Balaban J connectivity index is 1.61. The molecule has 0 aliphatic rings. The van der Waals surface area contributed by atoms with Crippen molar-refractivity contribution in [1.82, 2.24) is 19.5 Å². The third kappa shape index (κ3) is 4.92. The summed E-state index contributed by atoms with van der Waals surface area (Å²) >= 11 is 6.09.